The molecule has 26 heavy (non-hydrogen) atoms. The molecule has 1 N–H and O–H groups in total. The Morgan fingerprint density at radius 2 is 1.96 bits per heavy atom. The summed E-state index contributed by atoms with van der Waals surface area (Å²) in [6.07, 6.45) is 0. The molecule has 0 aliphatic carbocycles. The van der Waals surface area contributed by atoms with E-state index in [9.17, 15) is 0 Å². The van der Waals surface area contributed by atoms with Crippen LogP contribution in [0.2, 0.25) is 0 Å². The van der Waals surface area contributed by atoms with E-state index in [2.05, 4.69) is 49.8 Å². The van der Waals surface area contributed by atoms with E-state index in [-0.39, 0.29) is 24.0 Å². The van der Waals surface area contributed by atoms with E-state index in [1.807, 2.05) is 25.2 Å². The molecule has 0 radical (unpaired) electrons. The number of piperazine rings is 1. The second-order valence-corrected chi connectivity index (χ2v) is 7.00. The molecule has 1 aliphatic rings. The fourth-order valence-electron chi connectivity index (χ4n) is 3.21. The number of fused-ring (bicyclic) bond motifs is 1. The molecular formula is C19H23IN4OS. The number of hydrogen-bond acceptors (Lipinski definition) is 4. The summed E-state index contributed by atoms with van der Waals surface area (Å²) < 4.78 is 5.87. The minimum Gasteiger partial charge on any atom is -0.459 e. The number of furan rings is 1. The monoisotopic (exact) mass is 482 g/mol. The van der Waals surface area contributed by atoms with E-state index < -0.39 is 0 Å². The second-order valence-electron chi connectivity index (χ2n) is 6.08. The number of aliphatic imine (C=N–C) groups is 1. The predicted molar refractivity (Wildman–Crippen MR) is 120 cm³/mol. The van der Waals surface area contributed by atoms with E-state index in [0.29, 0.717) is 6.54 Å². The van der Waals surface area contributed by atoms with Crippen LogP contribution in [0.3, 0.4) is 0 Å². The first-order valence-corrected chi connectivity index (χ1v) is 9.43. The number of benzene rings is 1. The molecule has 0 atom stereocenters. The highest BCUT2D eigenvalue weighted by Crippen LogP contribution is 2.22. The first-order valence-electron chi connectivity index (χ1n) is 8.55. The number of nitrogens with zero attached hydrogens (tertiary/aromatic N) is 3. The summed E-state index contributed by atoms with van der Waals surface area (Å²) in [7, 11) is 1.84. The Labute approximate surface area is 174 Å². The summed E-state index contributed by atoms with van der Waals surface area (Å²) in [6.45, 7) is 4.62. The molecule has 138 valence electrons. The van der Waals surface area contributed by atoms with Crippen LogP contribution in [0.4, 0.5) is 5.00 Å². The zero-order valence-electron chi connectivity index (χ0n) is 14.7. The number of guanidine groups is 1. The molecule has 1 aromatic carbocycles. The van der Waals surface area contributed by atoms with E-state index >= 15 is 0 Å². The van der Waals surface area contributed by atoms with Crippen LogP contribution in [-0.2, 0) is 6.54 Å². The highest BCUT2D eigenvalue weighted by Gasteiger charge is 2.20. The number of nitrogens with one attached hydrogen (secondary N) is 1. The average Bonchev–Trinajstić information content (AvgIpc) is 3.32. The molecular weight excluding hydrogens is 459 g/mol. The summed E-state index contributed by atoms with van der Waals surface area (Å²) in [6, 6.07) is 14.5. The zero-order valence-corrected chi connectivity index (χ0v) is 17.9. The number of halogens is 1. The molecule has 4 rings (SSSR count). The van der Waals surface area contributed by atoms with Crippen LogP contribution in [-0.4, -0.2) is 44.1 Å². The maximum atomic E-state index is 5.87. The van der Waals surface area contributed by atoms with Gasteiger partial charge in [0.15, 0.2) is 5.96 Å². The molecule has 5 nitrogen and oxygen atoms in total. The SMILES string of the molecule is CN=C(NCc1cc2ccccc2o1)N1CCN(c2cccs2)CC1.I. The van der Waals surface area contributed by atoms with Crippen molar-refractivity contribution in [2.24, 2.45) is 4.99 Å². The van der Waals surface area contributed by atoms with Crippen molar-refractivity contribution >= 4 is 57.2 Å². The van der Waals surface area contributed by atoms with Gasteiger partial charge in [-0.25, -0.2) is 0 Å². The van der Waals surface area contributed by atoms with Crippen molar-refractivity contribution in [1.82, 2.24) is 10.2 Å². The number of thiophene rings is 1. The first-order chi connectivity index (χ1) is 12.3. The van der Waals surface area contributed by atoms with Crippen LogP contribution in [0.15, 0.2) is 57.3 Å². The summed E-state index contributed by atoms with van der Waals surface area (Å²) in [5, 5.41) is 8.06. The lowest BCUT2D eigenvalue weighted by Crippen LogP contribution is -2.52. The molecule has 0 amide bonds. The van der Waals surface area contributed by atoms with Crippen molar-refractivity contribution in [2.45, 2.75) is 6.54 Å². The van der Waals surface area contributed by atoms with Crippen molar-refractivity contribution in [2.75, 3.05) is 38.1 Å². The Balaban J connectivity index is 0.00000196. The van der Waals surface area contributed by atoms with Crippen LogP contribution >= 0.6 is 35.3 Å². The Bertz CT molecular complexity index is 820. The number of hydrogen-bond donors (Lipinski definition) is 1. The average molecular weight is 482 g/mol. The van der Waals surface area contributed by atoms with Crippen molar-refractivity contribution in [1.29, 1.82) is 0 Å². The minimum atomic E-state index is 0. The van der Waals surface area contributed by atoms with Gasteiger partial charge in [0.25, 0.3) is 0 Å². The Hall–Kier alpha value is -1.74. The molecule has 3 heterocycles. The van der Waals surface area contributed by atoms with Gasteiger partial charge in [0.05, 0.1) is 11.5 Å². The fraction of sp³-hybridized carbons (Fsp3) is 0.316. The number of para-hydroxylation sites is 1. The smallest absolute Gasteiger partial charge is 0.194 e. The molecule has 3 aromatic rings. The van der Waals surface area contributed by atoms with Gasteiger partial charge in [-0.2, -0.15) is 0 Å². The van der Waals surface area contributed by atoms with Crippen molar-refractivity contribution in [3.8, 4) is 0 Å². The third kappa shape index (κ3) is 4.15. The van der Waals surface area contributed by atoms with Gasteiger partial charge in [-0.05, 0) is 29.6 Å². The van der Waals surface area contributed by atoms with Crippen LogP contribution in [0.25, 0.3) is 11.0 Å². The quantitative estimate of drug-likeness (QED) is 0.348. The molecule has 0 unspecified atom stereocenters. The Kier molecular flexibility index (Phi) is 6.42. The lowest BCUT2D eigenvalue weighted by molar-refractivity contribution is 0.371. The summed E-state index contributed by atoms with van der Waals surface area (Å²) in [5.41, 5.74) is 0.929. The van der Waals surface area contributed by atoms with Gasteiger partial charge in [0.1, 0.15) is 11.3 Å². The minimum absolute atomic E-state index is 0. The summed E-state index contributed by atoms with van der Waals surface area (Å²) in [4.78, 5) is 9.19. The maximum Gasteiger partial charge on any atom is 0.194 e. The molecule has 7 heteroatoms. The van der Waals surface area contributed by atoms with E-state index in [1.165, 1.54) is 5.00 Å². The maximum absolute atomic E-state index is 5.87. The third-order valence-corrected chi connectivity index (χ3v) is 5.44. The van der Waals surface area contributed by atoms with Gasteiger partial charge < -0.3 is 19.5 Å². The summed E-state index contributed by atoms with van der Waals surface area (Å²) >= 11 is 1.80. The standard InChI is InChI=1S/C19H22N4OS.HI/c1-20-19(21-14-16-13-15-5-2-3-6-17(15)24-16)23-10-8-22(9-11-23)18-7-4-12-25-18;/h2-7,12-13H,8-11,14H2,1H3,(H,20,21);1H. The van der Waals surface area contributed by atoms with Gasteiger partial charge in [-0.3, -0.25) is 4.99 Å². The van der Waals surface area contributed by atoms with Gasteiger partial charge >= 0.3 is 0 Å². The van der Waals surface area contributed by atoms with E-state index in [4.69, 9.17) is 4.42 Å². The van der Waals surface area contributed by atoms with E-state index in [0.717, 1.165) is 48.9 Å². The highest BCUT2D eigenvalue weighted by atomic mass is 127. The largest absolute Gasteiger partial charge is 0.459 e. The van der Waals surface area contributed by atoms with Crippen LogP contribution in [0, 0.1) is 0 Å². The van der Waals surface area contributed by atoms with Gasteiger partial charge in [-0.1, -0.05) is 18.2 Å². The summed E-state index contributed by atoms with van der Waals surface area (Å²) in [5.74, 6) is 1.87. The molecule has 2 aromatic heterocycles. The van der Waals surface area contributed by atoms with Crippen molar-refractivity contribution in [3.05, 3.63) is 53.6 Å². The molecule has 0 bridgehead atoms. The highest BCUT2D eigenvalue weighted by molar-refractivity contribution is 14.0. The van der Waals surface area contributed by atoms with Gasteiger partial charge in [-0.15, -0.1) is 35.3 Å². The Morgan fingerprint density at radius 1 is 1.15 bits per heavy atom. The molecule has 0 saturated carbocycles. The predicted octanol–water partition coefficient (Wildman–Crippen LogP) is 4.01. The van der Waals surface area contributed by atoms with E-state index in [1.54, 1.807) is 11.3 Å². The number of rotatable bonds is 3. The molecule has 1 saturated heterocycles. The molecule has 1 fully saturated rings. The van der Waals surface area contributed by atoms with Gasteiger partial charge in [0.2, 0.25) is 0 Å². The number of anilines is 1. The topological polar surface area (TPSA) is 44.0 Å². The fourth-order valence-corrected chi connectivity index (χ4v) is 4.00. The normalized spacial score (nSPS) is 15.2. The first kappa shape index (κ1) is 19.0. The van der Waals surface area contributed by atoms with Crippen LogP contribution < -0.4 is 10.2 Å². The van der Waals surface area contributed by atoms with Crippen LogP contribution in [0.5, 0.6) is 0 Å². The third-order valence-electron chi connectivity index (χ3n) is 4.51. The Morgan fingerprint density at radius 3 is 2.65 bits per heavy atom. The lowest BCUT2D eigenvalue weighted by atomic mass is 10.2. The van der Waals surface area contributed by atoms with Crippen molar-refractivity contribution < 1.29 is 4.42 Å². The zero-order chi connectivity index (χ0) is 17.1. The lowest BCUT2D eigenvalue weighted by Gasteiger charge is -2.36. The van der Waals surface area contributed by atoms with Crippen molar-refractivity contribution in [3.63, 3.8) is 0 Å². The van der Waals surface area contributed by atoms with Crippen LogP contribution in [0.1, 0.15) is 5.76 Å². The second kappa shape index (κ2) is 8.77. The molecule has 1 aliphatic heterocycles. The molecule has 0 spiro atoms. The van der Waals surface area contributed by atoms with Gasteiger partial charge in [0, 0.05) is 38.6 Å².